The SMILES string of the molecule is C=C(/C=C(\C)CCC=C(C)C)NCCCNCCCCNCCCN. The van der Waals surface area contributed by atoms with Crippen molar-refractivity contribution < 1.29 is 0 Å². The van der Waals surface area contributed by atoms with E-state index in [1.807, 2.05) is 0 Å². The number of unbranched alkanes of at least 4 members (excludes halogenated alkanes) is 1. The second-order valence-electron chi connectivity index (χ2n) is 6.97. The monoisotopic (exact) mass is 350 g/mol. The predicted octanol–water partition coefficient (Wildman–Crippen LogP) is 3.48. The van der Waals surface area contributed by atoms with Gasteiger partial charge in [-0.25, -0.2) is 0 Å². The fourth-order valence-electron chi connectivity index (χ4n) is 2.45. The fourth-order valence-corrected chi connectivity index (χ4v) is 2.45. The molecule has 0 fully saturated rings. The summed E-state index contributed by atoms with van der Waals surface area (Å²) in [5, 5.41) is 10.3. The highest BCUT2D eigenvalue weighted by Gasteiger charge is 1.94. The summed E-state index contributed by atoms with van der Waals surface area (Å²) in [5.41, 5.74) is 9.25. The summed E-state index contributed by atoms with van der Waals surface area (Å²) in [7, 11) is 0. The first-order chi connectivity index (χ1) is 12.1. The Balaban J connectivity index is 3.44. The molecule has 0 aromatic heterocycles. The Kier molecular flexibility index (Phi) is 16.9. The average molecular weight is 351 g/mol. The first-order valence-corrected chi connectivity index (χ1v) is 9.91. The lowest BCUT2D eigenvalue weighted by Crippen LogP contribution is -2.23. The molecule has 25 heavy (non-hydrogen) atoms. The van der Waals surface area contributed by atoms with Crippen LogP contribution in [-0.2, 0) is 0 Å². The summed E-state index contributed by atoms with van der Waals surface area (Å²) in [5.74, 6) is 0. The first-order valence-electron chi connectivity index (χ1n) is 9.91. The van der Waals surface area contributed by atoms with Gasteiger partial charge in [-0.05, 0) is 98.1 Å². The van der Waals surface area contributed by atoms with Gasteiger partial charge in [0.15, 0.2) is 0 Å². The van der Waals surface area contributed by atoms with Crippen LogP contribution in [0.5, 0.6) is 0 Å². The minimum absolute atomic E-state index is 0.778. The van der Waals surface area contributed by atoms with Crippen LogP contribution in [0, 0.1) is 0 Å². The molecule has 5 N–H and O–H groups in total. The summed E-state index contributed by atoms with van der Waals surface area (Å²) >= 11 is 0. The summed E-state index contributed by atoms with van der Waals surface area (Å²) in [6.07, 6.45) is 11.3. The maximum absolute atomic E-state index is 5.45. The van der Waals surface area contributed by atoms with E-state index >= 15 is 0 Å². The minimum atomic E-state index is 0.778. The van der Waals surface area contributed by atoms with E-state index in [4.69, 9.17) is 5.73 Å². The molecule has 146 valence electrons. The zero-order chi connectivity index (χ0) is 18.8. The van der Waals surface area contributed by atoms with Gasteiger partial charge in [0.2, 0.25) is 0 Å². The largest absolute Gasteiger partial charge is 0.385 e. The Morgan fingerprint density at radius 2 is 1.48 bits per heavy atom. The Hall–Kier alpha value is -1.10. The predicted molar refractivity (Wildman–Crippen MR) is 113 cm³/mol. The molecule has 0 aliphatic heterocycles. The third kappa shape index (κ3) is 19.1. The van der Waals surface area contributed by atoms with Gasteiger partial charge in [-0.3, -0.25) is 0 Å². The van der Waals surface area contributed by atoms with Crippen molar-refractivity contribution in [3.63, 3.8) is 0 Å². The molecule has 0 aromatic rings. The van der Waals surface area contributed by atoms with E-state index in [9.17, 15) is 0 Å². The number of hydrogen-bond donors (Lipinski definition) is 4. The maximum atomic E-state index is 5.45. The second kappa shape index (κ2) is 17.7. The highest BCUT2D eigenvalue weighted by atomic mass is 14.9. The molecule has 0 aliphatic rings. The number of hydrogen-bond acceptors (Lipinski definition) is 4. The molecule has 0 aromatic carbocycles. The molecule has 0 spiro atoms. The summed E-state index contributed by atoms with van der Waals surface area (Å²) in [6, 6.07) is 0. The molecule has 0 aliphatic carbocycles. The molecule has 0 saturated heterocycles. The van der Waals surface area contributed by atoms with Gasteiger partial charge in [-0.15, -0.1) is 0 Å². The van der Waals surface area contributed by atoms with Gasteiger partial charge in [-0.2, -0.15) is 0 Å². The van der Waals surface area contributed by atoms with E-state index in [1.165, 1.54) is 24.0 Å². The molecule has 0 bridgehead atoms. The minimum Gasteiger partial charge on any atom is -0.385 e. The van der Waals surface area contributed by atoms with Crippen LogP contribution in [0.25, 0.3) is 0 Å². The number of nitrogens with one attached hydrogen (secondary N) is 3. The van der Waals surface area contributed by atoms with Crippen molar-refractivity contribution in [2.24, 2.45) is 5.73 Å². The molecular weight excluding hydrogens is 308 g/mol. The van der Waals surface area contributed by atoms with E-state index in [1.54, 1.807) is 0 Å². The zero-order valence-corrected chi connectivity index (χ0v) is 16.9. The van der Waals surface area contributed by atoms with E-state index < -0.39 is 0 Å². The van der Waals surface area contributed by atoms with E-state index in [0.717, 1.165) is 70.6 Å². The third-order valence-corrected chi connectivity index (χ3v) is 3.91. The third-order valence-electron chi connectivity index (χ3n) is 3.91. The Morgan fingerprint density at radius 3 is 2.08 bits per heavy atom. The van der Waals surface area contributed by atoms with Crippen LogP contribution in [0.3, 0.4) is 0 Å². The van der Waals surface area contributed by atoms with Crippen LogP contribution in [-0.4, -0.2) is 39.3 Å². The van der Waals surface area contributed by atoms with Crippen molar-refractivity contribution in [1.82, 2.24) is 16.0 Å². The standard InChI is InChI=1S/C21H42N4/c1-19(2)10-7-11-20(3)18-21(4)25-17-9-16-24-14-6-5-13-23-15-8-12-22/h10,18,23-25H,4-9,11-17,22H2,1-3H3/b20-18+. The van der Waals surface area contributed by atoms with Crippen molar-refractivity contribution in [3.8, 4) is 0 Å². The van der Waals surface area contributed by atoms with Crippen LogP contribution in [0.2, 0.25) is 0 Å². The molecule has 0 atom stereocenters. The Labute approximate surface area is 156 Å². The molecule has 0 heterocycles. The summed E-state index contributed by atoms with van der Waals surface area (Å²) < 4.78 is 0. The van der Waals surface area contributed by atoms with Crippen molar-refractivity contribution in [2.45, 2.75) is 59.3 Å². The molecule has 0 rings (SSSR count). The van der Waals surface area contributed by atoms with Gasteiger partial charge >= 0.3 is 0 Å². The Bertz CT molecular complexity index is 381. The molecule has 0 radical (unpaired) electrons. The average Bonchev–Trinajstić information content (AvgIpc) is 2.55. The normalized spacial score (nSPS) is 11.4. The smallest absolute Gasteiger partial charge is 0.0266 e. The van der Waals surface area contributed by atoms with Crippen LogP contribution in [0.4, 0.5) is 0 Å². The molecule has 4 heteroatoms. The summed E-state index contributed by atoms with van der Waals surface area (Å²) in [4.78, 5) is 0. The lowest BCUT2D eigenvalue weighted by atomic mass is 10.1. The van der Waals surface area contributed by atoms with Gasteiger partial charge in [0, 0.05) is 12.2 Å². The highest BCUT2D eigenvalue weighted by molar-refractivity contribution is 5.18. The van der Waals surface area contributed by atoms with Crippen molar-refractivity contribution in [2.75, 3.05) is 39.3 Å². The number of nitrogens with two attached hydrogens (primary N) is 1. The topological polar surface area (TPSA) is 62.1 Å². The van der Waals surface area contributed by atoms with Crippen molar-refractivity contribution >= 4 is 0 Å². The molecule has 0 unspecified atom stereocenters. The fraction of sp³-hybridized carbons (Fsp3) is 0.714. The highest BCUT2D eigenvalue weighted by Crippen LogP contribution is 2.08. The van der Waals surface area contributed by atoms with E-state index in [-0.39, 0.29) is 0 Å². The van der Waals surface area contributed by atoms with Crippen LogP contribution in [0.15, 0.2) is 35.6 Å². The van der Waals surface area contributed by atoms with Gasteiger partial charge in [-0.1, -0.05) is 23.8 Å². The van der Waals surface area contributed by atoms with Gasteiger partial charge < -0.3 is 21.7 Å². The molecule has 0 saturated carbocycles. The molecule has 0 amide bonds. The molecule has 4 nitrogen and oxygen atoms in total. The van der Waals surface area contributed by atoms with Crippen molar-refractivity contribution in [1.29, 1.82) is 0 Å². The van der Waals surface area contributed by atoms with E-state index in [2.05, 4.69) is 55.5 Å². The Morgan fingerprint density at radius 1 is 0.880 bits per heavy atom. The van der Waals surface area contributed by atoms with Crippen LogP contribution < -0.4 is 21.7 Å². The van der Waals surface area contributed by atoms with Crippen molar-refractivity contribution in [3.05, 3.63) is 35.6 Å². The maximum Gasteiger partial charge on any atom is 0.0266 e. The van der Waals surface area contributed by atoms with Gasteiger partial charge in [0.05, 0.1) is 0 Å². The number of rotatable bonds is 17. The van der Waals surface area contributed by atoms with Crippen LogP contribution >= 0.6 is 0 Å². The van der Waals surface area contributed by atoms with Crippen LogP contribution in [0.1, 0.15) is 59.3 Å². The lowest BCUT2D eigenvalue weighted by molar-refractivity contribution is 0.565. The lowest BCUT2D eigenvalue weighted by Gasteiger charge is -2.09. The van der Waals surface area contributed by atoms with Gasteiger partial charge in [0.1, 0.15) is 0 Å². The van der Waals surface area contributed by atoms with Gasteiger partial charge in [0.25, 0.3) is 0 Å². The zero-order valence-electron chi connectivity index (χ0n) is 16.9. The quantitative estimate of drug-likeness (QED) is 0.184. The van der Waals surface area contributed by atoms with E-state index in [0.29, 0.717) is 0 Å². The second-order valence-corrected chi connectivity index (χ2v) is 6.97. The molecular formula is C21H42N4. The summed E-state index contributed by atoms with van der Waals surface area (Å²) in [6.45, 7) is 16.6. The number of allylic oxidation sites excluding steroid dienone is 4. The first kappa shape index (κ1) is 23.9.